The van der Waals surface area contributed by atoms with Gasteiger partial charge >= 0.3 is 11.9 Å². The largest absolute Gasteiger partial charge is 0.455 e. The fourth-order valence-corrected chi connectivity index (χ4v) is 12.4. The molecular formula is C40H51N5O11S3. The predicted molar refractivity (Wildman–Crippen MR) is 223 cm³/mol. The molecule has 0 fully saturated rings. The van der Waals surface area contributed by atoms with Crippen molar-refractivity contribution in [2.24, 2.45) is 0 Å². The summed E-state index contributed by atoms with van der Waals surface area (Å²) in [5.41, 5.74) is 3.92. The van der Waals surface area contributed by atoms with Crippen LogP contribution in [0.1, 0.15) is 98.4 Å². The molecule has 1 aromatic carbocycles. The fourth-order valence-electron chi connectivity index (χ4n) is 7.01. The Morgan fingerprint density at radius 1 is 1.07 bits per heavy atom. The summed E-state index contributed by atoms with van der Waals surface area (Å²) in [6, 6.07) is 5.49. The number of aromatic amines is 1. The summed E-state index contributed by atoms with van der Waals surface area (Å²) in [5.74, 6) is -4.21. The van der Waals surface area contributed by atoms with Crippen LogP contribution < -0.4 is 20.7 Å². The number of ketones is 1. The van der Waals surface area contributed by atoms with Gasteiger partial charge in [-0.1, -0.05) is 20.8 Å². The number of H-pyrrole nitrogens is 1. The molecule has 320 valence electrons. The molecule has 0 spiro atoms. The van der Waals surface area contributed by atoms with Crippen LogP contribution >= 0.6 is 11.3 Å². The molecule has 0 saturated heterocycles. The van der Waals surface area contributed by atoms with E-state index in [0.717, 1.165) is 19.6 Å². The minimum Gasteiger partial charge on any atom is -0.455 e. The number of carbonyl (C=O) groups is 5. The normalized spacial score (nSPS) is 18.2. The number of hydrogen-bond donors (Lipinski definition) is 4. The van der Waals surface area contributed by atoms with E-state index in [1.165, 1.54) is 25.1 Å². The smallest absolute Gasteiger partial charge is 0.311 e. The second-order valence-electron chi connectivity index (χ2n) is 14.5. The summed E-state index contributed by atoms with van der Waals surface area (Å²) >= 11 is 0.609. The number of Topliss-reactive ketones (excluding diaryl/α,β-unsaturated/α-hetero) is 1. The Morgan fingerprint density at radius 3 is 2.44 bits per heavy atom. The molecule has 4 heterocycles. The number of benzene rings is 1. The fraction of sp³-hybridized carbons (Fsp3) is 0.475. The van der Waals surface area contributed by atoms with Gasteiger partial charge in [-0.2, -0.15) is 0 Å². The van der Waals surface area contributed by atoms with Crippen LogP contribution in [0.25, 0.3) is 11.6 Å². The van der Waals surface area contributed by atoms with E-state index in [-0.39, 0.29) is 38.1 Å². The van der Waals surface area contributed by atoms with Crippen molar-refractivity contribution in [3.63, 3.8) is 0 Å². The summed E-state index contributed by atoms with van der Waals surface area (Å²) < 4.78 is 62.7. The van der Waals surface area contributed by atoms with Gasteiger partial charge in [0.15, 0.2) is 31.6 Å². The van der Waals surface area contributed by atoms with Gasteiger partial charge in [0.2, 0.25) is 0 Å². The maximum absolute atomic E-state index is 13.2. The van der Waals surface area contributed by atoms with Crippen LogP contribution in [0.5, 0.6) is 5.75 Å². The van der Waals surface area contributed by atoms with Crippen molar-refractivity contribution in [3.8, 4) is 5.75 Å². The molecule has 0 aliphatic carbocycles. The Balaban J connectivity index is 1.17. The molecule has 0 bridgehead atoms. The average Bonchev–Trinajstić information content (AvgIpc) is 3.85. The minimum absolute atomic E-state index is 0.0406. The predicted octanol–water partition coefficient (Wildman–Crippen LogP) is 4.13. The highest BCUT2D eigenvalue weighted by Gasteiger charge is 2.40. The number of amides is 2. The standard InChI is InChI=1S/C40H51N5O11S3/c1-8-41-32-17-22(4)59(53,54)40-29(32)20-36(57-40)58(51,52)21-33(46)25(7)55-34(47)13-14-35(48)56-26-11-12-30-27(18-26)28(38(49)44-30)19-31-23(5)37(24(6)43-31)39(50)42-15-16-45(9-2)10-3/h11-12,18-20,22,25,32,41,43H,8-10,13-17,21H2,1-7H3,(H,42,50)(H,44,49)/b28-19-/t22-,25-,32-/m0/s1. The zero-order chi connectivity index (χ0) is 43.4. The van der Waals surface area contributed by atoms with E-state index in [9.17, 15) is 40.8 Å². The van der Waals surface area contributed by atoms with Gasteiger partial charge in [-0.3, -0.25) is 24.0 Å². The van der Waals surface area contributed by atoms with E-state index >= 15 is 0 Å². The third kappa shape index (κ3) is 10.2. The maximum Gasteiger partial charge on any atom is 0.311 e. The van der Waals surface area contributed by atoms with Crippen LogP contribution in [0, 0.1) is 13.8 Å². The monoisotopic (exact) mass is 873 g/mol. The third-order valence-electron chi connectivity index (χ3n) is 10.4. The lowest BCUT2D eigenvalue weighted by atomic mass is 10.0. The Labute approximate surface area is 348 Å². The number of fused-ring (bicyclic) bond motifs is 2. The van der Waals surface area contributed by atoms with Crippen LogP contribution in [0.4, 0.5) is 5.69 Å². The van der Waals surface area contributed by atoms with Crippen LogP contribution in [0.3, 0.4) is 0 Å². The highest BCUT2D eigenvalue weighted by atomic mass is 32.3. The van der Waals surface area contributed by atoms with Crippen LogP contribution in [0.15, 0.2) is 32.7 Å². The number of hydrogen-bond acceptors (Lipinski definition) is 14. The number of ether oxygens (including phenoxy) is 2. The highest BCUT2D eigenvalue weighted by Crippen LogP contribution is 2.43. The van der Waals surface area contributed by atoms with Gasteiger partial charge in [0.05, 0.1) is 29.2 Å². The highest BCUT2D eigenvalue weighted by molar-refractivity contribution is 7.96. The van der Waals surface area contributed by atoms with E-state index in [1.807, 2.05) is 6.92 Å². The molecule has 5 rings (SSSR count). The molecule has 19 heteroatoms. The number of thiophene rings is 1. The Kier molecular flexibility index (Phi) is 14.4. The lowest BCUT2D eigenvalue weighted by molar-refractivity contribution is -0.154. The molecule has 59 heavy (non-hydrogen) atoms. The zero-order valence-electron chi connectivity index (χ0n) is 34.1. The van der Waals surface area contributed by atoms with Crippen LogP contribution in [-0.2, 0) is 43.6 Å². The molecule has 0 radical (unpaired) electrons. The van der Waals surface area contributed by atoms with Gasteiger partial charge in [-0.25, -0.2) is 16.8 Å². The first-order valence-corrected chi connectivity index (χ1v) is 23.5. The van der Waals surface area contributed by atoms with Crippen molar-refractivity contribution in [1.29, 1.82) is 0 Å². The number of nitrogens with zero attached hydrogens (tertiary/aromatic N) is 1. The number of esters is 2. The molecule has 16 nitrogen and oxygen atoms in total. The number of anilines is 1. The number of nitrogens with one attached hydrogen (secondary N) is 4. The second-order valence-corrected chi connectivity index (χ2v) is 20.3. The van der Waals surface area contributed by atoms with E-state index in [1.54, 1.807) is 32.9 Å². The van der Waals surface area contributed by atoms with Crippen molar-refractivity contribution in [2.75, 3.05) is 43.8 Å². The van der Waals surface area contributed by atoms with E-state index < -0.39 is 73.3 Å². The van der Waals surface area contributed by atoms with Crippen molar-refractivity contribution in [2.45, 2.75) is 93.5 Å². The molecule has 0 unspecified atom stereocenters. The quantitative estimate of drug-likeness (QED) is 0.0802. The van der Waals surface area contributed by atoms with Crippen molar-refractivity contribution in [3.05, 3.63) is 57.9 Å². The molecular weight excluding hydrogens is 823 g/mol. The molecule has 2 aromatic heterocycles. The van der Waals surface area contributed by atoms with Crippen molar-refractivity contribution >= 4 is 77.9 Å². The molecule has 2 aliphatic heterocycles. The molecule has 3 atom stereocenters. The number of aryl methyl sites for hydroxylation is 1. The summed E-state index contributed by atoms with van der Waals surface area (Å²) in [4.78, 5) is 69.8. The SMILES string of the molecule is CCN[C@H]1C[C@H](C)S(=O)(=O)c2sc(S(=O)(=O)CC(=O)[C@H](C)OC(=O)CCC(=O)Oc3ccc4c(c3)/C(=C/c3[nH]c(C)c(C(=O)NCCN(CC)CC)c3C)C(=O)N4)cc21. The summed E-state index contributed by atoms with van der Waals surface area (Å²) in [6.07, 6.45) is -0.474. The van der Waals surface area contributed by atoms with Gasteiger partial charge in [0.1, 0.15) is 19.9 Å². The Morgan fingerprint density at radius 2 is 1.76 bits per heavy atom. The van der Waals surface area contributed by atoms with Crippen LogP contribution in [-0.4, -0.2) is 106 Å². The maximum atomic E-state index is 13.2. The van der Waals surface area contributed by atoms with Gasteiger partial charge in [-0.05, 0) is 95.2 Å². The van der Waals surface area contributed by atoms with Gasteiger partial charge in [0, 0.05) is 41.8 Å². The van der Waals surface area contributed by atoms with E-state index in [0.29, 0.717) is 63.8 Å². The lowest BCUT2D eigenvalue weighted by Gasteiger charge is -2.27. The van der Waals surface area contributed by atoms with Crippen molar-refractivity contribution < 1.29 is 50.3 Å². The first kappa shape index (κ1) is 45.4. The van der Waals surface area contributed by atoms with Gasteiger partial charge < -0.3 is 35.3 Å². The van der Waals surface area contributed by atoms with Gasteiger partial charge in [-0.15, -0.1) is 11.3 Å². The summed E-state index contributed by atoms with van der Waals surface area (Å²) in [5, 5.41) is 8.21. The first-order chi connectivity index (χ1) is 27.8. The Hall–Kier alpha value is -4.69. The number of sulfone groups is 2. The average molecular weight is 874 g/mol. The molecule has 0 saturated carbocycles. The molecule has 2 aliphatic rings. The topological polar surface area (TPSA) is 227 Å². The van der Waals surface area contributed by atoms with E-state index in [2.05, 4.69) is 39.7 Å². The van der Waals surface area contributed by atoms with Crippen molar-refractivity contribution in [1.82, 2.24) is 20.5 Å². The van der Waals surface area contributed by atoms with Crippen LogP contribution in [0.2, 0.25) is 0 Å². The Bertz CT molecular complexity index is 2400. The number of rotatable bonds is 18. The summed E-state index contributed by atoms with van der Waals surface area (Å²) in [7, 11) is -8.03. The first-order valence-electron chi connectivity index (χ1n) is 19.4. The summed E-state index contributed by atoms with van der Waals surface area (Å²) in [6.45, 7) is 15.8. The minimum atomic E-state index is -4.28. The number of aromatic nitrogens is 1. The lowest BCUT2D eigenvalue weighted by Crippen LogP contribution is -2.35. The number of carbonyl (C=O) groups excluding carboxylic acids is 5. The molecule has 2 amide bonds. The third-order valence-corrected chi connectivity index (χ3v) is 16.5. The van der Waals surface area contributed by atoms with Gasteiger partial charge in [0.25, 0.3) is 11.8 Å². The van der Waals surface area contributed by atoms with E-state index in [4.69, 9.17) is 9.47 Å². The zero-order valence-corrected chi connectivity index (χ0v) is 36.6. The number of likely N-dealkylation sites (N-methyl/N-ethyl adjacent to an activating group) is 1. The molecule has 3 aromatic rings. The second kappa shape index (κ2) is 18.7. The molecule has 4 N–H and O–H groups in total.